The van der Waals surface area contributed by atoms with Gasteiger partial charge in [-0.3, -0.25) is 14.8 Å². The maximum absolute atomic E-state index is 12.3. The largest absolute Gasteiger partial charge is 0.449 e. The van der Waals surface area contributed by atoms with E-state index >= 15 is 0 Å². The van der Waals surface area contributed by atoms with Crippen LogP contribution in [0, 0.1) is 6.92 Å². The van der Waals surface area contributed by atoms with Crippen LogP contribution in [-0.4, -0.2) is 38.8 Å². The van der Waals surface area contributed by atoms with Gasteiger partial charge in [-0.15, -0.1) is 0 Å². The molecule has 3 aromatic rings. The molecule has 3 amide bonds. The molecular formula is C20H21N5O4. The van der Waals surface area contributed by atoms with Crippen molar-refractivity contribution in [3.8, 4) is 0 Å². The van der Waals surface area contributed by atoms with Gasteiger partial charge in [0.05, 0.1) is 11.3 Å². The second kappa shape index (κ2) is 8.51. The standard InChI is InChI=1S/C20H21N5O4/c1-12-16-9-15(11-21-17(16)25(3)24-12)19(27)29-13(2)18(26)23-20(28)22-10-14-7-5-4-6-8-14/h4-9,11,13H,10H2,1-3H3,(H2,22,23,26,28). The number of ether oxygens (including phenoxy) is 1. The van der Waals surface area contributed by atoms with E-state index < -0.39 is 24.0 Å². The highest BCUT2D eigenvalue weighted by Gasteiger charge is 2.21. The van der Waals surface area contributed by atoms with Crippen LogP contribution in [0.5, 0.6) is 0 Å². The molecule has 2 heterocycles. The van der Waals surface area contributed by atoms with Crippen LogP contribution in [0.1, 0.15) is 28.5 Å². The molecule has 0 radical (unpaired) electrons. The third-order valence-electron chi connectivity index (χ3n) is 4.28. The summed E-state index contributed by atoms with van der Waals surface area (Å²) in [4.78, 5) is 40.6. The number of nitrogens with one attached hydrogen (secondary N) is 2. The summed E-state index contributed by atoms with van der Waals surface area (Å²) in [6.45, 7) is 3.46. The first-order valence-electron chi connectivity index (χ1n) is 8.98. The zero-order chi connectivity index (χ0) is 21.0. The van der Waals surface area contributed by atoms with Gasteiger partial charge in [-0.25, -0.2) is 14.6 Å². The molecule has 9 nitrogen and oxygen atoms in total. The highest BCUT2D eigenvalue weighted by atomic mass is 16.5. The van der Waals surface area contributed by atoms with Crippen molar-refractivity contribution >= 4 is 28.9 Å². The van der Waals surface area contributed by atoms with Crippen LogP contribution in [0.15, 0.2) is 42.6 Å². The van der Waals surface area contributed by atoms with Crippen molar-refractivity contribution in [1.29, 1.82) is 0 Å². The van der Waals surface area contributed by atoms with Crippen LogP contribution < -0.4 is 10.6 Å². The van der Waals surface area contributed by atoms with Gasteiger partial charge in [-0.2, -0.15) is 5.10 Å². The number of pyridine rings is 1. The number of urea groups is 1. The van der Waals surface area contributed by atoms with Crippen LogP contribution in [0.2, 0.25) is 0 Å². The van der Waals surface area contributed by atoms with Crippen molar-refractivity contribution in [2.75, 3.05) is 0 Å². The van der Waals surface area contributed by atoms with Gasteiger partial charge in [0.15, 0.2) is 11.8 Å². The number of carbonyl (C=O) groups excluding carboxylic acids is 3. The number of imide groups is 1. The van der Waals surface area contributed by atoms with E-state index in [1.54, 1.807) is 17.8 Å². The number of rotatable bonds is 5. The van der Waals surface area contributed by atoms with E-state index in [0.717, 1.165) is 16.6 Å². The molecule has 0 aliphatic carbocycles. The Morgan fingerprint density at radius 1 is 1.21 bits per heavy atom. The Bertz CT molecular complexity index is 1060. The molecular weight excluding hydrogens is 374 g/mol. The first-order valence-corrected chi connectivity index (χ1v) is 8.98. The van der Waals surface area contributed by atoms with E-state index in [9.17, 15) is 14.4 Å². The summed E-state index contributed by atoms with van der Waals surface area (Å²) in [7, 11) is 1.76. The van der Waals surface area contributed by atoms with Gasteiger partial charge in [0.2, 0.25) is 0 Å². The Kier molecular flexibility index (Phi) is 5.87. The number of aromatic nitrogens is 3. The molecule has 2 N–H and O–H groups in total. The Labute approximate surface area is 167 Å². The average molecular weight is 395 g/mol. The van der Waals surface area contributed by atoms with E-state index in [1.807, 2.05) is 37.3 Å². The summed E-state index contributed by atoms with van der Waals surface area (Å²) >= 11 is 0. The molecule has 9 heteroatoms. The minimum absolute atomic E-state index is 0.196. The fourth-order valence-corrected chi connectivity index (χ4v) is 2.74. The lowest BCUT2D eigenvalue weighted by molar-refractivity contribution is -0.127. The molecule has 29 heavy (non-hydrogen) atoms. The third kappa shape index (κ3) is 4.75. The summed E-state index contributed by atoms with van der Waals surface area (Å²) in [5, 5.41) is 9.69. The number of amides is 3. The van der Waals surface area contributed by atoms with Crippen LogP contribution in [0.4, 0.5) is 4.79 Å². The van der Waals surface area contributed by atoms with Gasteiger partial charge in [0.1, 0.15) is 0 Å². The van der Waals surface area contributed by atoms with Crippen molar-refractivity contribution in [2.24, 2.45) is 7.05 Å². The zero-order valence-electron chi connectivity index (χ0n) is 16.3. The molecule has 0 aliphatic heterocycles. The fraction of sp³-hybridized carbons (Fsp3) is 0.250. The van der Waals surface area contributed by atoms with E-state index in [4.69, 9.17) is 4.74 Å². The number of aryl methyl sites for hydroxylation is 2. The van der Waals surface area contributed by atoms with Crippen LogP contribution in [0.25, 0.3) is 11.0 Å². The predicted molar refractivity (Wildman–Crippen MR) is 105 cm³/mol. The number of hydrogen-bond acceptors (Lipinski definition) is 6. The monoisotopic (exact) mass is 395 g/mol. The molecule has 0 saturated heterocycles. The van der Waals surface area contributed by atoms with Gasteiger partial charge in [0, 0.05) is 25.2 Å². The number of esters is 1. The SMILES string of the molecule is Cc1nn(C)c2ncc(C(=O)OC(C)C(=O)NC(=O)NCc3ccccc3)cc12. The molecule has 1 atom stereocenters. The lowest BCUT2D eigenvalue weighted by Gasteiger charge is -2.13. The molecule has 3 rings (SSSR count). The Hall–Kier alpha value is -3.75. The van der Waals surface area contributed by atoms with E-state index in [-0.39, 0.29) is 12.1 Å². The summed E-state index contributed by atoms with van der Waals surface area (Å²) in [5.41, 5.74) is 2.45. The van der Waals surface area contributed by atoms with E-state index in [2.05, 4.69) is 20.7 Å². The van der Waals surface area contributed by atoms with Gasteiger partial charge in [0.25, 0.3) is 5.91 Å². The molecule has 0 saturated carbocycles. The summed E-state index contributed by atoms with van der Waals surface area (Å²) in [6.07, 6.45) is 0.207. The van der Waals surface area contributed by atoms with Crippen LogP contribution >= 0.6 is 0 Å². The molecule has 0 fully saturated rings. The van der Waals surface area contributed by atoms with Gasteiger partial charge >= 0.3 is 12.0 Å². The van der Waals surface area contributed by atoms with E-state index in [1.165, 1.54) is 13.1 Å². The predicted octanol–water partition coefficient (Wildman–Crippen LogP) is 1.85. The summed E-state index contributed by atoms with van der Waals surface area (Å²) < 4.78 is 6.77. The van der Waals surface area contributed by atoms with Crippen LogP contribution in [0.3, 0.4) is 0 Å². The Morgan fingerprint density at radius 3 is 2.66 bits per heavy atom. The Balaban J connectivity index is 1.55. The molecule has 0 bridgehead atoms. The first-order chi connectivity index (χ1) is 13.8. The van der Waals surface area contributed by atoms with Crippen molar-refractivity contribution in [3.63, 3.8) is 0 Å². The lowest BCUT2D eigenvalue weighted by Crippen LogP contribution is -2.44. The minimum Gasteiger partial charge on any atom is -0.449 e. The van der Waals surface area contributed by atoms with Gasteiger partial charge in [-0.05, 0) is 25.5 Å². The van der Waals surface area contributed by atoms with Crippen molar-refractivity contribution in [3.05, 3.63) is 59.4 Å². The second-order valence-electron chi connectivity index (χ2n) is 6.51. The number of nitrogens with zero attached hydrogens (tertiary/aromatic N) is 3. The van der Waals surface area contributed by atoms with Gasteiger partial charge in [-0.1, -0.05) is 30.3 Å². The number of hydrogen-bond donors (Lipinski definition) is 2. The van der Waals surface area contributed by atoms with Crippen molar-refractivity contribution in [2.45, 2.75) is 26.5 Å². The summed E-state index contributed by atoms with van der Waals surface area (Å²) in [6, 6.07) is 10.2. The maximum Gasteiger partial charge on any atom is 0.340 e. The highest BCUT2D eigenvalue weighted by molar-refractivity contribution is 5.99. The molecule has 0 spiro atoms. The lowest BCUT2D eigenvalue weighted by atomic mass is 10.2. The van der Waals surface area contributed by atoms with Gasteiger partial charge < -0.3 is 10.1 Å². The van der Waals surface area contributed by atoms with E-state index in [0.29, 0.717) is 5.65 Å². The highest BCUT2D eigenvalue weighted by Crippen LogP contribution is 2.17. The first kappa shape index (κ1) is 20.0. The molecule has 1 unspecified atom stereocenters. The van der Waals surface area contributed by atoms with Crippen molar-refractivity contribution in [1.82, 2.24) is 25.4 Å². The Morgan fingerprint density at radius 2 is 1.93 bits per heavy atom. The van der Waals surface area contributed by atoms with Crippen LogP contribution in [-0.2, 0) is 23.1 Å². The fourth-order valence-electron chi connectivity index (χ4n) is 2.74. The zero-order valence-corrected chi connectivity index (χ0v) is 16.3. The number of fused-ring (bicyclic) bond motifs is 1. The van der Waals surface area contributed by atoms with Crippen molar-refractivity contribution < 1.29 is 19.1 Å². The molecule has 150 valence electrons. The normalized spacial score (nSPS) is 11.7. The number of carbonyl (C=O) groups is 3. The molecule has 2 aromatic heterocycles. The molecule has 1 aromatic carbocycles. The molecule has 0 aliphatic rings. The third-order valence-corrected chi connectivity index (χ3v) is 4.28. The number of benzene rings is 1. The maximum atomic E-state index is 12.3. The minimum atomic E-state index is -1.16. The quantitative estimate of drug-likeness (QED) is 0.637. The summed E-state index contributed by atoms with van der Waals surface area (Å²) in [5.74, 6) is -1.44. The average Bonchev–Trinajstić information content (AvgIpc) is 3.00. The second-order valence-corrected chi connectivity index (χ2v) is 6.51. The smallest absolute Gasteiger partial charge is 0.340 e. The topological polar surface area (TPSA) is 115 Å².